The number of nitrogens with zero attached hydrogens (tertiary/aromatic N) is 3. The van der Waals surface area contributed by atoms with Crippen LogP contribution in [0, 0.1) is 0 Å². The highest BCUT2D eigenvalue weighted by molar-refractivity contribution is 7.89. The monoisotopic (exact) mass is 379 g/mol. The van der Waals surface area contributed by atoms with Gasteiger partial charge in [-0.05, 0) is 37.5 Å². The highest BCUT2D eigenvalue weighted by Crippen LogP contribution is 2.21. The number of carbonyl (C=O) groups excluding carboxylic acids is 2. The van der Waals surface area contributed by atoms with Gasteiger partial charge in [0.05, 0.1) is 4.90 Å². The zero-order chi connectivity index (χ0) is 18.7. The average molecular weight is 379 g/mol. The first-order valence-corrected chi connectivity index (χ1v) is 10.5. The minimum Gasteiger partial charge on any atom is -0.344 e. The molecule has 142 valence electrons. The molecular weight excluding hydrogens is 354 g/mol. The molecule has 8 heteroatoms. The first-order valence-electron chi connectivity index (χ1n) is 9.03. The third kappa shape index (κ3) is 3.91. The zero-order valence-electron chi connectivity index (χ0n) is 15.1. The van der Waals surface area contributed by atoms with Crippen LogP contribution in [0.3, 0.4) is 0 Å². The minimum atomic E-state index is -3.74. The number of hydrogen-bond donors (Lipinski definition) is 0. The van der Waals surface area contributed by atoms with Crippen LogP contribution in [-0.2, 0) is 14.8 Å². The summed E-state index contributed by atoms with van der Waals surface area (Å²) in [6.45, 7) is 2.22. The van der Waals surface area contributed by atoms with Gasteiger partial charge < -0.3 is 9.80 Å². The van der Waals surface area contributed by atoms with Crippen molar-refractivity contribution >= 4 is 21.8 Å². The van der Waals surface area contributed by atoms with E-state index in [0.29, 0.717) is 12.1 Å². The summed E-state index contributed by atoms with van der Waals surface area (Å²) in [7, 11) is -2.06. The Kier molecular flexibility index (Phi) is 5.62. The van der Waals surface area contributed by atoms with Crippen LogP contribution in [-0.4, -0.2) is 74.1 Å². The molecule has 0 saturated carbocycles. The van der Waals surface area contributed by atoms with Gasteiger partial charge in [0.25, 0.3) is 5.91 Å². The molecule has 1 aromatic rings. The number of likely N-dealkylation sites (N-methyl/N-ethyl adjacent to an activating group) is 1. The molecule has 0 aromatic heterocycles. The van der Waals surface area contributed by atoms with Crippen molar-refractivity contribution in [2.24, 2.45) is 0 Å². The molecule has 0 N–H and O–H groups in total. The maximum atomic E-state index is 13.0. The van der Waals surface area contributed by atoms with Gasteiger partial charge in [0.1, 0.15) is 0 Å². The molecule has 2 aliphatic heterocycles. The van der Waals surface area contributed by atoms with E-state index in [9.17, 15) is 18.0 Å². The molecule has 0 atom stereocenters. The Morgan fingerprint density at radius 3 is 2.46 bits per heavy atom. The van der Waals surface area contributed by atoms with Gasteiger partial charge in [-0.25, -0.2) is 8.42 Å². The smallest absolute Gasteiger partial charge is 0.253 e. The Labute approximate surface area is 154 Å². The van der Waals surface area contributed by atoms with Gasteiger partial charge in [-0.3, -0.25) is 9.59 Å². The molecule has 2 heterocycles. The first kappa shape index (κ1) is 18.8. The molecule has 0 bridgehead atoms. The number of amides is 2. The summed E-state index contributed by atoms with van der Waals surface area (Å²) in [4.78, 5) is 27.9. The summed E-state index contributed by atoms with van der Waals surface area (Å²) < 4.78 is 27.3. The highest BCUT2D eigenvalue weighted by Gasteiger charge is 2.29. The molecule has 2 saturated heterocycles. The molecule has 26 heavy (non-hydrogen) atoms. The third-order valence-corrected chi connectivity index (χ3v) is 6.94. The Morgan fingerprint density at radius 1 is 1.00 bits per heavy atom. The SMILES string of the molecule is CN1CCN(S(=O)(=O)c2cccc(C(=O)N3CCCCC3)c2)CCC1=O. The highest BCUT2D eigenvalue weighted by atomic mass is 32.2. The lowest BCUT2D eigenvalue weighted by Crippen LogP contribution is -2.36. The van der Waals surface area contributed by atoms with Gasteiger partial charge in [-0.1, -0.05) is 6.07 Å². The van der Waals surface area contributed by atoms with Crippen molar-refractivity contribution in [3.8, 4) is 0 Å². The fraction of sp³-hybridized carbons (Fsp3) is 0.556. The number of carbonyl (C=O) groups is 2. The summed E-state index contributed by atoms with van der Waals surface area (Å²) in [5, 5.41) is 0. The molecule has 2 aliphatic rings. The second-order valence-electron chi connectivity index (χ2n) is 6.85. The number of sulfonamides is 1. The molecule has 0 spiro atoms. The van der Waals surface area contributed by atoms with Gasteiger partial charge in [0.2, 0.25) is 15.9 Å². The average Bonchev–Trinajstić information content (AvgIpc) is 2.84. The molecule has 2 amide bonds. The number of piperidine rings is 1. The van der Waals surface area contributed by atoms with E-state index in [4.69, 9.17) is 0 Å². The second-order valence-corrected chi connectivity index (χ2v) is 8.79. The molecular formula is C18H25N3O4S. The van der Waals surface area contributed by atoms with E-state index in [1.54, 1.807) is 29.0 Å². The van der Waals surface area contributed by atoms with Crippen LogP contribution in [0.15, 0.2) is 29.2 Å². The fourth-order valence-corrected chi connectivity index (χ4v) is 4.85. The summed E-state index contributed by atoms with van der Waals surface area (Å²) in [5.74, 6) is -0.177. The van der Waals surface area contributed by atoms with Crippen molar-refractivity contribution in [1.29, 1.82) is 0 Å². The molecule has 7 nitrogen and oxygen atoms in total. The van der Waals surface area contributed by atoms with Crippen molar-refractivity contribution in [2.75, 3.05) is 39.8 Å². The van der Waals surface area contributed by atoms with Crippen LogP contribution in [0.4, 0.5) is 0 Å². The normalized spacial score (nSPS) is 20.1. The summed E-state index contributed by atoms with van der Waals surface area (Å²) in [6.07, 6.45) is 3.26. The van der Waals surface area contributed by atoms with Crippen LogP contribution in [0.25, 0.3) is 0 Å². The Bertz CT molecular complexity index is 787. The van der Waals surface area contributed by atoms with Crippen molar-refractivity contribution in [3.05, 3.63) is 29.8 Å². The third-order valence-electron chi connectivity index (χ3n) is 5.05. The molecule has 0 aliphatic carbocycles. The second kappa shape index (κ2) is 7.75. The van der Waals surface area contributed by atoms with Crippen molar-refractivity contribution in [3.63, 3.8) is 0 Å². The Morgan fingerprint density at radius 2 is 1.73 bits per heavy atom. The van der Waals surface area contributed by atoms with Gasteiger partial charge in [0.15, 0.2) is 0 Å². The summed E-state index contributed by atoms with van der Waals surface area (Å²) >= 11 is 0. The summed E-state index contributed by atoms with van der Waals surface area (Å²) in [6, 6.07) is 6.25. The van der Waals surface area contributed by atoms with Crippen molar-refractivity contribution in [2.45, 2.75) is 30.6 Å². The Hall–Kier alpha value is -1.93. The van der Waals surface area contributed by atoms with Crippen LogP contribution in [0.5, 0.6) is 0 Å². The van der Waals surface area contributed by atoms with E-state index < -0.39 is 10.0 Å². The number of hydrogen-bond acceptors (Lipinski definition) is 4. The van der Waals surface area contributed by atoms with Crippen LogP contribution >= 0.6 is 0 Å². The van der Waals surface area contributed by atoms with E-state index in [1.807, 2.05) is 0 Å². The van der Waals surface area contributed by atoms with E-state index >= 15 is 0 Å². The van der Waals surface area contributed by atoms with E-state index in [2.05, 4.69) is 0 Å². The van der Waals surface area contributed by atoms with Gasteiger partial charge >= 0.3 is 0 Å². The standard InChI is InChI=1S/C18H25N3O4S/c1-19-12-13-21(11-8-17(19)22)26(24,25)16-7-5-6-15(14-16)18(23)20-9-3-2-4-10-20/h5-7,14H,2-4,8-13H2,1H3. The molecule has 2 fully saturated rings. The van der Waals surface area contributed by atoms with Crippen molar-refractivity contribution < 1.29 is 18.0 Å². The predicted octanol–water partition coefficient (Wildman–Crippen LogP) is 1.17. The lowest BCUT2D eigenvalue weighted by atomic mass is 10.1. The van der Waals surface area contributed by atoms with E-state index in [0.717, 1.165) is 32.4 Å². The van der Waals surface area contributed by atoms with Crippen LogP contribution < -0.4 is 0 Å². The molecule has 0 unspecified atom stereocenters. The Balaban J connectivity index is 1.82. The fourth-order valence-electron chi connectivity index (χ4n) is 3.37. The topological polar surface area (TPSA) is 78.0 Å². The van der Waals surface area contributed by atoms with E-state index in [1.165, 1.54) is 16.4 Å². The largest absolute Gasteiger partial charge is 0.344 e. The maximum absolute atomic E-state index is 13.0. The van der Waals surface area contributed by atoms with Gasteiger partial charge in [-0.15, -0.1) is 0 Å². The first-order chi connectivity index (χ1) is 12.4. The quantitative estimate of drug-likeness (QED) is 0.790. The molecule has 1 aromatic carbocycles. The zero-order valence-corrected chi connectivity index (χ0v) is 15.9. The minimum absolute atomic E-state index is 0.0586. The van der Waals surface area contributed by atoms with Crippen LogP contribution in [0.2, 0.25) is 0 Å². The lowest BCUT2D eigenvalue weighted by molar-refractivity contribution is -0.129. The number of likely N-dealkylation sites (tertiary alicyclic amines) is 1. The molecule has 0 radical (unpaired) electrons. The predicted molar refractivity (Wildman–Crippen MR) is 97.2 cm³/mol. The van der Waals surface area contributed by atoms with Crippen LogP contribution in [0.1, 0.15) is 36.0 Å². The lowest BCUT2D eigenvalue weighted by Gasteiger charge is -2.27. The van der Waals surface area contributed by atoms with Crippen molar-refractivity contribution in [1.82, 2.24) is 14.1 Å². The number of benzene rings is 1. The molecule has 3 rings (SSSR count). The summed E-state index contributed by atoms with van der Waals surface area (Å²) in [5.41, 5.74) is 0.399. The van der Waals surface area contributed by atoms with E-state index in [-0.39, 0.29) is 36.2 Å². The van der Waals surface area contributed by atoms with Gasteiger partial charge in [0, 0.05) is 51.8 Å². The number of rotatable bonds is 3. The maximum Gasteiger partial charge on any atom is 0.253 e. The van der Waals surface area contributed by atoms with Gasteiger partial charge in [-0.2, -0.15) is 4.31 Å².